The van der Waals surface area contributed by atoms with Crippen LogP contribution in [0.3, 0.4) is 0 Å². The molecule has 0 spiro atoms. The van der Waals surface area contributed by atoms with Gasteiger partial charge in [-0.15, -0.1) is 0 Å². The lowest BCUT2D eigenvalue weighted by Gasteiger charge is -2.34. The Hall–Kier alpha value is -2.49. The summed E-state index contributed by atoms with van der Waals surface area (Å²) in [6, 6.07) is 17.9. The summed E-state index contributed by atoms with van der Waals surface area (Å²) in [4.78, 5) is 29.5. The van der Waals surface area contributed by atoms with Gasteiger partial charge in [0.15, 0.2) is 0 Å². The number of benzene rings is 3. The number of halogens is 4. The van der Waals surface area contributed by atoms with Crippen LogP contribution in [0.25, 0.3) is 0 Å². The van der Waals surface area contributed by atoms with Crippen molar-refractivity contribution in [3.05, 3.63) is 97.9 Å². The van der Waals surface area contributed by atoms with Gasteiger partial charge in [-0.3, -0.25) is 13.9 Å². The summed E-state index contributed by atoms with van der Waals surface area (Å²) in [5, 5.41) is 3.89. The molecule has 0 aliphatic heterocycles. The Morgan fingerprint density at radius 2 is 1.57 bits per heavy atom. The van der Waals surface area contributed by atoms with E-state index in [2.05, 4.69) is 5.32 Å². The lowest BCUT2D eigenvalue weighted by molar-refractivity contribution is -0.140. The van der Waals surface area contributed by atoms with Crippen LogP contribution in [0.2, 0.25) is 20.1 Å². The van der Waals surface area contributed by atoms with Crippen LogP contribution in [-0.4, -0.2) is 50.0 Å². The topological polar surface area (TPSA) is 86.8 Å². The first kappa shape index (κ1) is 32.4. The fourth-order valence-corrected chi connectivity index (χ4v) is 6.66. The number of carbonyl (C=O) groups excluding carboxylic acids is 2. The van der Waals surface area contributed by atoms with Gasteiger partial charge in [0.05, 0.1) is 32.0 Å². The Kier molecular flexibility index (Phi) is 11.1. The van der Waals surface area contributed by atoms with Crippen molar-refractivity contribution in [2.45, 2.75) is 50.7 Å². The average Bonchev–Trinajstić information content (AvgIpc) is 3.46. The maximum Gasteiger partial charge on any atom is 0.244 e. The van der Waals surface area contributed by atoms with Gasteiger partial charge in [0, 0.05) is 19.0 Å². The number of nitrogens with one attached hydrogen (secondary N) is 1. The number of amides is 2. The van der Waals surface area contributed by atoms with Gasteiger partial charge in [-0.05, 0) is 48.2 Å². The second kappa shape index (κ2) is 14.3. The molecule has 4 rings (SSSR count). The molecule has 0 heterocycles. The second-order valence-corrected chi connectivity index (χ2v) is 13.8. The molecule has 1 saturated carbocycles. The van der Waals surface area contributed by atoms with E-state index in [0.29, 0.717) is 15.6 Å². The Morgan fingerprint density at radius 3 is 2.21 bits per heavy atom. The van der Waals surface area contributed by atoms with Crippen LogP contribution in [0.4, 0.5) is 5.69 Å². The summed E-state index contributed by atoms with van der Waals surface area (Å²) < 4.78 is 26.8. The molecule has 0 saturated heterocycles. The Morgan fingerprint density at radius 1 is 0.881 bits per heavy atom. The molecule has 1 atom stereocenters. The number of anilines is 1. The van der Waals surface area contributed by atoms with E-state index >= 15 is 0 Å². The molecule has 42 heavy (non-hydrogen) atoms. The van der Waals surface area contributed by atoms with Crippen molar-refractivity contribution in [1.29, 1.82) is 0 Å². The number of carbonyl (C=O) groups is 2. The molecule has 1 aliphatic rings. The Balaban J connectivity index is 1.76. The van der Waals surface area contributed by atoms with E-state index in [0.717, 1.165) is 41.8 Å². The highest BCUT2D eigenvalue weighted by atomic mass is 35.5. The lowest BCUT2D eigenvalue weighted by atomic mass is 10.0. The zero-order chi connectivity index (χ0) is 30.4. The van der Waals surface area contributed by atoms with E-state index < -0.39 is 28.5 Å². The van der Waals surface area contributed by atoms with E-state index in [1.165, 1.54) is 17.0 Å². The number of sulfonamides is 1. The third-order valence-electron chi connectivity index (χ3n) is 7.19. The highest BCUT2D eigenvalue weighted by Gasteiger charge is 2.34. The van der Waals surface area contributed by atoms with Gasteiger partial charge in [-0.2, -0.15) is 0 Å². The summed E-state index contributed by atoms with van der Waals surface area (Å²) in [5.74, 6) is -0.920. The second-order valence-electron chi connectivity index (χ2n) is 10.3. The van der Waals surface area contributed by atoms with Crippen LogP contribution in [0.5, 0.6) is 0 Å². The molecule has 0 radical (unpaired) electrons. The molecular weight excluding hydrogens is 640 g/mol. The van der Waals surface area contributed by atoms with Crippen molar-refractivity contribution in [1.82, 2.24) is 10.2 Å². The third-order valence-corrected chi connectivity index (χ3v) is 9.86. The molecule has 1 aliphatic carbocycles. The minimum absolute atomic E-state index is 0.00626. The standard InChI is InChI=1S/C30H31Cl4N3O4S/c1-42(40,41)37(26-13-7-12-24(32)29(26)34)19-28(38)36(18-21-14-15-23(31)25(33)16-21)27(17-20-8-3-2-4-9-20)30(39)35-22-10-5-6-11-22/h2-4,7-9,12-16,22,27H,5-6,10-11,17-19H2,1H3,(H,35,39)/t27-/m1/s1. The fraction of sp³-hybridized carbons (Fsp3) is 0.333. The molecule has 0 aromatic heterocycles. The first-order valence-electron chi connectivity index (χ1n) is 13.4. The van der Waals surface area contributed by atoms with E-state index in [1.54, 1.807) is 24.3 Å². The summed E-state index contributed by atoms with van der Waals surface area (Å²) >= 11 is 25.0. The van der Waals surface area contributed by atoms with E-state index in [9.17, 15) is 18.0 Å². The van der Waals surface area contributed by atoms with Crippen molar-refractivity contribution in [3.63, 3.8) is 0 Å². The number of nitrogens with zero attached hydrogens (tertiary/aromatic N) is 2. The molecule has 3 aromatic carbocycles. The van der Waals surface area contributed by atoms with Crippen LogP contribution >= 0.6 is 46.4 Å². The molecule has 7 nitrogen and oxygen atoms in total. The zero-order valence-electron chi connectivity index (χ0n) is 22.9. The maximum atomic E-state index is 14.2. The van der Waals surface area contributed by atoms with Crippen LogP contribution in [-0.2, 0) is 32.6 Å². The van der Waals surface area contributed by atoms with Gasteiger partial charge in [0.2, 0.25) is 21.8 Å². The highest BCUT2D eigenvalue weighted by Crippen LogP contribution is 2.34. The predicted molar refractivity (Wildman–Crippen MR) is 170 cm³/mol. The summed E-state index contributed by atoms with van der Waals surface area (Å²) in [7, 11) is -3.99. The smallest absolute Gasteiger partial charge is 0.244 e. The number of rotatable bonds is 11. The van der Waals surface area contributed by atoms with Gasteiger partial charge >= 0.3 is 0 Å². The Labute approximate surface area is 266 Å². The first-order valence-corrected chi connectivity index (χ1v) is 16.8. The molecule has 2 amide bonds. The first-order chi connectivity index (χ1) is 19.9. The van der Waals surface area contributed by atoms with Crippen molar-refractivity contribution in [2.75, 3.05) is 17.1 Å². The molecule has 0 bridgehead atoms. The van der Waals surface area contributed by atoms with Crippen LogP contribution in [0, 0.1) is 0 Å². The SMILES string of the molecule is CS(=O)(=O)N(CC(=O)N(Cc1ccc(Cl)c(Cl)c1)[C@H](Cc1ccccc1)C(=O)NC1CCCC1)c1cccc(Cl)c1Cl. The quantitative estimate of drug-likeness (QED) is 0.244. The van der Waals surface area contributed by atoms with Gasteiger partial charge in [-0.25, -0.2) is 8.42 Å². The van der Waals surface area contributed by atoms with E-state index in [-0.39, 0.29) is 40.6 Å². The summed E-state index contributed by atoms with van der Waals surface area (Å²) in [6.07, 6.45) is 4.95. The van der Waals surface area contributed by atoms with Gasteiger partial charge < -0.3 is 10.2 Å². The van der Waals surface area contributed by atoms with Crippen molar-refractivity contribution in [3.8, 4) is 0 Å². The largest absolute Gasteiger partial charge is 0.352 e. The molecule has 1 fully saturated rings. The normalized spacial score (nSPS) is 14.4. The lowest BCUT2D eigenvalue weighted by Crippen LogP contribution is -2.54. The fourth-order valence-electron chi connectivity index (χ4n) is 5.04. The monoisotopic (exact) mass is 669 g/mol. The maximum absolute atomic E-state index is 14.2. The van der Waals surface area contributed by atoms with E-state index in [1.807, 2.05) is 30.3 Å². The van der Waals surface area contributed by atoms with Crippen molar-refractivity contribution >= 4 is 73.9 Å². The summed E-state index contributed by atoms with van der Waals surface area (Å²) in [6.45, 7) is -0.631. The molecule has 224 valence electrons. The van der Waals surface area contributed by atoms with Crippen LogP contribution in [0.1, 0.15) is 36.8 Å². The molecular formula is C30H31Cl4N3O4S. The van der Waals surface area contributed by atoms with Crippen LogP contribution < -0.4 is 9.62 Å². The van der Waals surface area contributed by atoms with Gasteiger partial charge in [-0.1, -0.05) is 102 Å². The number of hydrogen-bond acceptors (Lipinski definition) is 4. The minimum atomic E-state index is -3.99. The molecule has 12 heteroatoms. The Bertz CT molecular complexity index is 1530. The molecule has 1 N–H and O–H groups in total. The zero-order valence-corrected chi connectivity index (χ0v) is 26.7. The van der Waals surface area contributed by atoms with Crippen LogP contribution in [0.15, 0.2) is 66.7 Å². The third kappa shape index (κ3) is 8.32. The van der Waals surface area contributed by atoms with Gasteiger partial charge in [0.1, 0.15) is 12.6 Å². The average molecular weight is 671 g/mol. The minimum Gasteiger partial charge on any atom is -0.352 e. The van der Waals surface area contributed by atoms with E-state index in [4.69, 9.17) is 46.4 Å². The predicted octanol–water partition coefficient (Wildman–Crippen LogP) is 6.77. The number of hydrogen-bond donors (Lipinski definition) is 1. The van der Waals surface area contributed by atoms with Gasteiger partial charge in [0.25, 0.3) is 0 Å². The highest BCUT2D eigenvalue weighted by molar-refractivity contribution is 7.92. The molecule has 0 unspecified atom stereocenters. The molecule has 3 aromatic rings. The van der Waals surface area contributed by atoms with Crippen molar-refractivity contribution in [2.24, 2.45) is 0 Å². The summed E-state index contributed by atoms with van der Waals surface area (Å²) in [5.41, 5.74) is 1.52. The van der Waals surface area contributed by atoms with Crippen molar-refractivity contribution < 1.29 is 18.0 Å².